The molecule has 0 atom stereocenters. The summed E-state index contributed by atoms with van der Waals surface area (Å²) in [5, 5.41) is 3.28. The second-order valence-corrected chi connectivity index (χ2v) is 3.44. The average Bonchev–Trinajstić information content (AvgIpc) is 2.37. The maximum Gasteiger partial charge on any atom is 0.167 e. The van der Waals surface area contributed by atoms with E-state index in [-0.39, 0.29) is 0 Å². The molecule has 17 heavy (non-hydrogen) atoms. The smallest absolute Gasteiger partial charge is 0.167 e. The Kier molecular flexibility index (Phi) is 5.98. The van der Waals surface area contributed by atoms with Gasteiger partial charge in [0, 0.05) is 12.1 Å². The SMILES string of the molecule is CC#CCOc1c(CNCC)cccc1OC. The lowest BCUT2D eigenvalue weighted by atomic mass is 10.2. The molecule has 0 saturated carbocycles. The second-order valence-electron chi connectivity index (χ2n) is 3.44. The lowest BCUT2D eigenvalue weighted by Crippen LogP contribution is -2.13. The van der Waals surface area contributed by atoms with Gasteiger partial charge in [0.05, 0.1) is 7.11 Å². The van der Waals surface area contributed by atoms with Crippen LogP contribution in [0.15, 0.2) is 18.2 Å². The van der Waals surface area contributed by atoms with Crippen LogP contribution in [0.1, 0.15) is 19.4 Å². The van der Waals surface area contributed by atoms with Crippen LogP contribution in [0, 0.1) is 11.8 Å². The maximum atomic E-state index is 5.66. The van der Waals surface area contributed by atoms with Gasteiger partial charge in [0.2, 0.25) is 0 Å². The van der Waals surface area contributed by atoms with Crippen molar-refractivity contribution in [2.24, 2.45) is 0 Å². The first-order valence-corrected chi connectivity index (χ1v) is 5.72. The molecule has 0 aromatic heterocycles. The van der Waals surface area contributed by atoms with Crippen molar-refractivity contribution >= 4 is 0 Å². The number of methoxy groups -OCH3 is 1. The Morgan fingerprint density at radius 1 is 1.35 bits per heavy atom. The van der Waals surface area contributed by atoms with Crippen molar-refractivity contribution < 1.29 is 9.47 Å². The normalized spacial score (nSPS) is 9.35. The van der Waals surface area contributed by atoms with Crippen molar-refractivity contribution in [1.29, 1.82) is 0 Å². The van der Waals surface area contributed by atoms with Gasteiger partial charge < -0.3 is 14.8 Å². The van der Waals surface area contributed by atoms with Crippen molar-refractivity contribution in [1.82, 2.24) is 5.32 Å². The largest absolute Gasteiger partial charge is 0.493 e. The molecular formula is C14H19NO2. The van der Waals surface area contributed by atoms with Crippen LogP contribution in [-0.2, 0) is 6.54 Å². The highest BCUT2D eigenvalue weighted by molar-refractivity contribution is 5.46. The molecule has 0 bridgehead atoms. The predicted octanol–water partition coefficient (Wildman–Crippen LogP) is 2.21. The minimum Gasteiger partial charge on any atom is -0.493 e. The first-order chi connectivity index (χ1) is 8.33. The van der Waals surface area contributed by atoms with Crippen molar-refractivity contribution in [3.8, 4) is 23.3 Å². The fourth-order valence-corrected chi connectivity index (χ4v) is 1.47. The molecule has 1 aromatic carbocycles. The summed E-state index contributed by atoms with van der Waals surface area (Å²) in [6, 6.07) is 5.88. The number of nitrogens with one attached hydrogen (secondary N) is 1. The summed E-state index contributed by atoms with van der Waals surface area (Å²) in [6.07, 6.45) is 0. The Bertz CT molecular complexity index is 404. The van der Waals surface area contributed by atoms with E-state index in [4.69, 9.17) is 9.47 Å². The molecule has 0 unspecified atom stereocenters. The van der Waals surface area contributed by atoms with Crippen molar-refractivity contribution in [2.75, 3.05) is 20.3 Å². The number of hydrogen-bond donors (Lipinski definition) is 1. The quantitative estimate of drug-likeness (QED) is 0.764. The molecule has 0 amide bonds. The van der Waals surface area contributed by atoms with Crippen LogP contribution >= 0.6 is 0 Å². The van der Waals surface area contributed by atoms with E-state index >= 15 is 0 Å². The zero-order valence-corrected chi connectivity index (χ0v) is 10.7. The highest BCUT2D eigenvalue weighted by Gasteiger charge is 2.09. The molecule has 0 radical (unpaired) electrons. The standard InChI is InChI=1S/C14H19NO2/c1-4-6-10-17-14-12(11-15-5-2)8-7-9-13(14)16-3/h7-9,15H,5,10-11H2,1-3H3. The van der Waals surface area contributed by atoms with Gasteiger partial charge in [0.25, 0.3) is 0 Å². The molecule has 1 N–H and O–H groups in total. The molecular weight excluding hydrogens is 214 g/mol. The van der Waals surface area contributed by atoms with Gasteiger partial charge in [-0.1, -0.05) is 25.0 Å². The summed E-state index contributed by atoms with van der Waals surface area (Å²) in [4.78, 5) is 0. The van der Waals surface area contributed by atoms with E-state index < -0.39 is 0 Å². The third-order valence-electron chi connectivity index (χ3n) is 2.31. The number of ether oxygens (including phenoxy) is 2. The van der Waals surface area contributed by atoms with Crippen molar-refractivity contribution in [2.45, 2.75) is 20.4 Å². The van der Waals surface area contributed by atoms with Crippen LogP contribution in [0.2, 0.25) is 0 Å². The monoisotopic (exact) mass is 233 g/mol. The zero-order valence-electron chi connectivity index (χ0n) is 10.7. The lowest BCUT2D eigenvalue weighted by Gasteiger charge is -2.13. The van der Waals surface area contributed by atoms with E-state index in [1.54, 1.807) is 14.0 Å². The Hall–Kier alpha value is -1.66. The first-order valence-electron chi connectivity index (χ1n) is 5.72. The van der Waals surface area contributed by atoms with Crippen LogP contribution in [0.4, 0.5) is 0 Å². The van der Waals surface area contributed by atoms with Crippen molar-refractivity contribution in [3.05, 3.63) is 23.8 Å². The van der Waals surface area contributed by atoms with Crippen LogP contribution in [0.25, 0.3) is 0 Å². The number of benzene rings is 1. The minimum absolute atomic E-state index is 0.385. The molecule has 92 valence electrons. The Balaban J connectivity index is 2.88. The van der Waals surface area contributed by atoms with E-state index in [1.165, 1.54) is 0 Å². The molecule has 3 heteroatoms. The topological polar surface area (TPSA) is 30.5 Å². The van der Waals surface area contributed by atoms with E-state index in [9.17, 15) is 0 Å². The fraction of sp³-hybridized carbons (Fsp3) is 0.429. The molecule has 3 nitrogen and oxygen atoms in total. The summed E-state index contributed by atoms with van der Waals surface area (Å²) in [5.41, 5.74) is 1.09. The molecule has 1 rings (SSSR count). The number of rotatable bonds is 6. The summed E-state index contributed by atoms with van der Waals surface area (Å²) in [5.74, 6) is 7.21. The summed E-state index contributed by atoms with van der Waals surface area (Å²) < 4.78 is 11.0. The van der Waals surface area contributed by atoms with Gasteiger partial charge in [-0.2, -0.15) is 0 Å². The number of hydrogen-bond acceptors (Lipinski definition) is 3. The zero-order chi connectivity index (χ0) is 12.5. The van der Waals surface area contributed by atoms with Gasteiger partial charge in [0.1, 0.15) is 6.61 Å². The van der Waals surface area contributed by atoms with Crippen LogP contribution in [0.5, 0.6) is 11.5 Å². The summed E-state index contributed by atoms with van der Waals surface area (Å²) >= 11 is 0. The highest BCUT2D eigenvalue weighted by Crippen LogP contribution is 2.30. The van der Waals surface area contributed by atoms with Gasteiger partial charge >= 0.3 is 0 Å². The second kappa shape index (κ2) is 7.59. The van der Waals surface area contributed by atoms with Gasteiger partial charge in [-0.3, -0.25) is 0 Å². The Morgan fingerprint density at radius 3 is 2.82 bits per heavy atom. The average molecular weight is 233 g/mol. The van der Waals surface area contributed by atoms with Crippen LogP contribution < -0.4 is 14.8 Å². The molecule has 1 aromatic rings. The molecule has 0 aliphatic rings. The Labute approximate surface area is 103 Å². The maximum absolute atomic E-state index is 5.66. The fourth-order valence-electron chi connectivity index (χ4n) is 1.47. The molecule has 0 spiro atoms. The lowest BCUT2D eigenvalue weighted by molar-refractivity contribution is 0.326. The first kappa shape index (κ1) is 13.4. The van der Waals surface area contributed by atoms with Gasteiger partial charge in [-0.15, -0.1) is 5.92 Å². The van der Waals surface area contributed by atoms with E-state index in [1.807, 2.05) is 18.2 Å². The third-order valence-corrected chi connectivity index (χ3v) is 2.31. The highest BCUT2D eigenvalue weighted by atomic mass is 16.5. The molecule has 0 fully saturated rings. The van der Waals surface area contributed by atoms with Gasteiger partial charge in [-0.25, -0.2) is 0 Å². The molecule has 0 aliphatic heterocycles. The Morgan fingerprint density at radius 2 is 2.18 bits per heavy atom. The minimum atomic E-state index is 0.385. The van der Waals surface area contributed by atoms with Gasteiger partial charge in [-0.05, 0) is 19.5 Å². The van der Waals surface area contributed by atoms with Crippen LogP contribution in [-0.4, -0.2) is 20.3 Å². The van der Waals surface area contributed by atoms with E-state index in [2.05, 4.69) is 24.1 Å². The summed E-state index contributed by atoms with van der Waals surface area (Å²) in [7, 11) is 1.64. The third kappa shape index (κ3) is 4.01. The molecule has 0 aliphatic carbocycles. The summed E-state index contributed by atoms with van der Waals surface area (Å²) in [6.45, 7) is 5.94. The van der Waals surface area contributed by atoms with Gasteiger partial charge in [0.15, 0.2) is 11.5 Å². The molecule has 0 heterocycles. The van der Waals surface area contributed by atoms with E-state index in [0.717, 1.165) is 30.2 Å². The van der Waals surface area contributed by atoms with Crippen molar-refractivity contribution in [3.63, 3.8) is 0 Å². The number of para-hydroxylation sites is 1. The predicted molar refractivity (Wildman–Crippen MR) is 69.3 cm³/mol. The molecule has 0 saturated heterocycles. The van der Waals surface area contributed by atoms with Crippen LogP contribution in [0.3, 0.4) is 0 Å². The van der Waals surface area contributed by atoms with E-state index in [0.29, 0.717) is 6.61 Å².